The fourth-order valence-corrected chi connectivity index (χ4v) is 2.15. The zero-order valence-electron chi connectivity index (χ0n) is 13.1. The smallest absolute Gasteiger partial charge is 0.415 e. The maximum atomic E-state index is 12.4. The van der Waals surface area contributed by atoms with E-state index in [-0.39, 0.29) is 11.9 Å². The number of hydrogen-bond acceptors (Lipinski definition) is 4. The van der Waals surface area contributed by atoms with Crippen molar-refractivity contribution in [3.05, 3.63) is 23.8 Å². The lowest BCUT2D eigenvalue weighted by Crippen LogP contribution is -2.44. The molecule has 0 aliphatic carbocycles. The van der Waals surface area contributed by atoms with Crippen LogP contribution in [0.1, 0.15) is 45.0 Å². The van der Waals surface area contributed by atoms with Gasteiger partial charge in [0.25, 0.3) is 0 Å². The van der Waals surface area contributed by atoms with E-state index in [1.807, 2.05) is 27.7 Å². The Morgan fingerprint density at radius 3 is 2.57 bits per heavy atom. The number of benzene rings is 1. The lowest BCUT2D eigenvalue weighted by molar-refractivity contribution is 0.0551. The molecule has 1 aromatic rings. The minimum Gasteiger partial charge on any atom is -0.487 e. The summed E-state index contributed by atoms with van der Waals surface area (Å²) in [5, 5.41) is 0. The number of carbonyl (C=O) groups excluding carboxylic acids is 2. The van der Waals surface area contributed by atoms with E-state index in [4.69, 9.17) is 9.47 Å². The summed E-state index contributed by atoms with van der Waals surface area (Å²) in [6, 6.07) is 5.10. The maximum absolute atomic E-state index is 12.4. The van der Waals surface area contributed by atoms with Gasteiger partial charge in [-0.3, -0.25) is 9.69 Å². The Labute approximate surface area is 124 Å². The highest BCUT2D eigenvalue weighted by atomic mass is 16.6. The van der Waals surface area contributed by atoms with Crippen molar-refractivity contribution in [3.63, 3.8) is 0 Å². The minimum atomic E-state index is -0.572. The third kappa shape index (κ3) is 3.54. The molecule has 0 aromatic heterocycles. The molecule has 114 valence electrons. The van der Waals surface area contributed by atoms with Gasteiger partial charge >= 0.3 is 6.09 Å². The summed E-state index contributed by atoms with van der Waals surface area (Å²) in [6.45, 7) is 9.24. The lowest BCUT2D eigenvalue weighted by Gasteiger charge is -2.34. The monoisotopic (exact) mass is 291 g/mol. The second-order valence-electron chi connectivity index (χ2n) is 6.26. The van der Waals surface area contributed by atoms with Gasteiger partial charge < -0.3 is 9.47 Å². The van der Waals surface area contributed by atoms with Crippen molar-refractivity contribution < 1.29 is 19.1 Å². The number of ketones is 1. The van der Waals surface area contributed by atoms with E-state index in [1.165, 1.54) is 11.8 Å². The molecule has 0 saturated heterocycles. The molecule has 0 radical (unpaired) electrons. The van der Waals surface area contributed by atoms with Gasteiger partial charge in [-0.15, -0.1) is 0 Å². The fourth-order valence-electron chi connectivity index (χ4n) is 2.15. The summed E-state index contributed by atoms with van der Waals surface area (Å²) in [6.07, 6.45) is -0.562. The molecule has 0 spiro atoms. The molecule has 5 nitrogen and oxygen atoms in total. The van der Waals surface area contributed by atoms with E-state index >= 15 is 0 Å². The van der Waals surface area contributed by atoms with Crippen LogP contribution in [0.2, 0.25) is 0 Å². The number of nitrogens with zero attached hydrogens (tertiary/aromatic N) is 1. The van der Waals surface area contributed by atoms with Gasteiger partial charge in [0.2, 0.25) is 0 Å². The SMILES string of the molecule is CC(=O)c1ccc2c(c1)N(C(=O)OC(C)(C)C)CC(C)O2. The minimum absolute atomic E-state index is 0.0550. The van der Waals surface area contributed by atoms with Crippen molar-refractivity contribution >= 4 is 17.6 Å². The molecular weight excluding hydrogens is 270 g/mol. The van der Waals surface area contributed by atoms with E-state index in [0.29, 0.717) is 23.5 Å². The lowest BCUT2D eigenvalue weighted by atomic mass is 10.1. The predicted octanol–water partition coefficient (Wildman–Crippen LogP) is 3.41. The van der Waals surface area contributed by atoms with Crippen molar-refractivity contribution in [1.82, 2.24) is 0 Å². The van der Waals surface area contributed by atoms with Crippen LogP contribution in [-0.2, 0) is 4.74 Å². The Balaban J connectivity index is 2.38. The van der Waals surface area contributed by atoms with Crippen LogP contribution in [0.25, 0.3) is 0 Å². The maximum Gasteiger partial charge on any atom is 0.415 e. The van der Waals surface area contributed by atoms with Gasteiger partial charge in [0, 0.05) is 5.56 Å². The summed E-state index contributed by atoms with van der Waals surface area (Å²) >= 11 is 0. The van der Waals surface area contributed by atoms with Crippen LogP contribution in [0.4, 0.5) is 10.5 Å². The molecule has 0 bridgehead atoms. The van der Waals surface area contributed by atoms with Gasteiger partial charge in [0.1, 0.15) is 17.5 Å². The highest BCUT2D eigenvalue weighted by Crippen LogP contribution is 2.35. The summed E-state index contributed by atoms with van der Waals surface area (Å²) in [5.41, 5.74) is 0.548. The molecule has 1 heterocycles. The molecule has 1 unspecified atom stereocenters. The van der Waals surface area contributed by atoms with E-state index in [9.17, 15) is 9.59 Å². The summed E-state index contributed by atoms with van der Waals surface area (Å²) in [7, 11) is 0. The Morgan fingerprint density at radius 1 is 1.33 bits per heavy atom. The van der Waals surface area contributed by atoms with Crippen molar-refractivity contribution in [2.24, 2.45) is 0 Å². The van der Waals surface area contributed by atoms with Crippen molar-refractivity contribution in [1.29, 1.82) is 0 Å². The van der Waals surface area contributed by atoms with Crippen LogP contribution in [0.5, 0.6) is 5.75 Å². The quantitative estimate of drug-likeness (QED) is 0.744. The van der Waals surface area contributed by atoms with Crippen molar-refractivity contribution in [2.75, 3.05) is 11.4 Å². The highest BCUT2D eigenvalue weighted by molar-refractivity contribution is 5.98. The first-order valence-corrected chi connectivity index (χ1v) is 6.99. The van der Waals surface area contributed by atoms with Gasteiger partial charge in [-0.1, -0.05) is 0 Å². The highest BCUT2D eigenvalue weighted by Gasteiger charge is 2.31. The summed E-state index contributed by atoms with van der Waals surface area (Å²) in [5.74, 6) is 0.533. The first-order valence-electron chi connectivity index (χ1n) is 6.99. The Hall–Kier alpha value is -2.04. The van der Waals surface area contributed by atoms with Crippen LogP contribution in [0, 0.1) is 0 Å². The van der Waals surface area contributed by atoms with E-state index in [0.717, 1.165) is 0 Å². The number of ether oxygens (including phenoxy) is 2. The zero-order valence-corrected chi connectivity index (χ0v) is 13.1. The molecule has 5 heteroatoms. The molecule has 1 amide bonds. The first kappa shape index (κ1) is 15.4. The van der Waals surface area contributed by atoms with Crippen LogP contribution < -0.4 is 9.64 Å². The third-order valence-corrected chi connectivity index (χ3v) is 3.04. The molecule has 1 aliphatic rings. The molecular formula is C16H21NO4. The number of Topliss-reactive ketones (excluding diaryl/α,β-unsaturated/α-hetero) is 1. The Bertz CT molecular complexity index is 574. The second kappa shape index (κ2) is 5.39. The van der Waals surface area contributed by atoms with E-state index < -0.39 is 11.7 Å². The molecule has 0 N–H and O–H groups in total. The summed E-state index contributed by atoms with van der Waals surface area (Å²) in [4.78, 5) is 25.4. The number of amides is 1. The number of carbonyl (C=O) groups is 2. The zero-order chi connectivity index (χ0) is 15.8. The second-order valence-corrected chi connectivity index (χ2v) is 6.26. The normalized spacial score (nSPS) is 17.8. The van der Waals surface area contributed by atoms with Crippen LogP contribution >= 0.6 is 0 Å². The van der Waals surface area contributed by atoms with Gasteiger partial charge in [-0.2, -0.15) is 0 Å². The van der Waals surface area contributed by atoms with E-state index in [2.05, 4.69) is 0 Å². The number of rotatable bonds is 1. The molecule has 0 fully saturated rings. The molecule has 1 atom stereocenters. The largest absolute Gasteiger partial charge is 0.487 e. The third-order valence-electron chi connectivity index (χ3n) is 3.04. The number of hydrogen-bond donors (Lipinski definition) is 0. The molecule has 1 aliphatic heterocycles. The van der Waals surface area contributed by atoms with Gasteiger partial charge in [-0.25, -0.2) is 4.79 Å². The molecule has 2 rings (SSSR count). The van der Waals surface area contributed by atoms with Crippen LogP contribution in [0.3, 0.4) is 0 Å². The van der Waals surface area contributed by atoms with E-state index in [1.54, 1.807) is 18.2 Å². The van der Waals surface area contributed by atoms with Gasteiger partial charge in [0.05, 0.1) is 12.2 Å². The first-order chi connectivity index (χ1) is 9.67. The van der Waals surface area contributed by atoms with Crippen molar-refractivity contribution in [3.8, 4) is 5.75 Å². The molecule has 1 aromatic carbocycles. The average Bonchev–Trinajstić information content (AvgIpc) is 2.34. The summed E-state index contributed by atoms with van der Waals surface area (Å²) < 4.78 is 11.1. The Morgan fingerprint density at radius 2 is 2.00 bits per heavy atom. The van der Waals surface area contributed by atoms with Crippen LogP contribution in [0.15, 0.2) is 18.2 Å². The number of anilines is 1. The molecule has 0 saturated carbocycles. The predicted molar refractivity (Wildman–Crippen MR) is 80.1 cm³/mol. The van der Waals surface area contributed by atoms with Crippen molar-refractivity contribution in [2.45, 2.75) is 46.3 Å². The fraction of sp³-hybridized carbons (Fsp3) is 0.500. The van der Waals surface area contributed by atoms with Crippen LogP contribution in [-0.4, -0.2) is 30.1 Å². The average molecular weight is 291 g/mol. The number of fused-ring (bicyclic) bond motifs is 1. The van der Waals surface area contributed by atoms with Gasteiger partial charge in [0.15, 0.2) is 5.78 Å². The molecule has 21 heavy (non-hydrogen) atoms. The van der Waals surface area contributed by atoms with Gasteiger partial charge in [-0.05, 0) is 52.8 Å². The Kier molecular flexibility index (Phi) is 3.94. The topological polar surface area (TPSA) is 55.8 Å². The standard InChI is InChI=1S/C16H21NO4/c1-10-9-17(15(19)21-16(3,4)5)13-8-12(11(2)18)6-7-14(13)20-10/h6-8,10H,9H2,1-5H3.